The Hall–Kier alpha value is -2.42. The number of aryl methyl sites for hydroxylation is 1. The molecule has 1 aromatic heterocycles. The molecule has 0 aliphatic heterocycles. The number of aliphatic carboxylic acids is 1. The maximum Gasteiger partial charge on any atom is 0.336 e. The summed E-state index contributed by atoms with van der Waals surface area (Å²) in [6, 6.07) is 11.0. The van der Waals surface area contributed by atoms with Crippen molar-refractivity contribution in [3.63, 3.8) is 0 Å². The third-order valence-corrected chi connectivity index (χ3v) is 2.55. The van der Waals surface area contributed by atoms with Crippen LogP contribution in [0.15, 0.2) is 48.8 Å². The monoisotopic (exact) mass is 239 g/mol. The molecule has 2 aromatic rings. The van der Waals surface area contributed by atoms with Gasteiger partial charge < -0.3 is 5.11 Å². The van der Waals surface area contributed by atoms with Crippen molar-refractivity contribution in [1.29, 1.82) is 0 Å². The highest BCUT2D eigenvalue weighted by Crippen LogP contribution is 2.19. The zero-order chi connectivity index (χ0) is 13.0. The van der Waals surface area contributed by atoms with Crippen LogP contribution >= 0.6 is 0 Å². The molecule has 3 nitrogen and oxygen atoms in total. The number of hydrogen-bond acceptors (Lipinski definition) is 2. The first kappa shape index (κ1) is 12.0. The fraction of sp³-hybridized carbons (Fsp3) is 0.0667. The van der Waals surface area contributed by atoms with Gasteiger partial charge >= 0.3 is 5.97 Å². The first-order chi connectivity index (χ1) is 8.66. The molecule has 0 aliphatic rings. The van der Waals surface area contributed by atoms with Crippen LogP contribution in [0.1, 0.15) is 16.7 Å². The molecule has 0 unspecified atom stereocenters. The Morgan fingerprint density at radius 3 is 2.72 bits per heavy atom. The van der Waals surface area contributed by atoms with Gasteiger partial charge in [0, 0.05) is 12.4 Å². The predicted molar refractivity (Wildman–Crippen MR) is 70.9 cm³/mol. The molecule has 18 heavy (non-hydrogen) atoms. The van der Waals surface area contributed by atoms with Crippen LogP contribution in [-0.2, 0) is 4.79 Å². The normalized spacial score (nSPS) is 11.3. The second-order valence-corrected chi connectivity index (χ2v) is 4.02. The van der Waals surface area contributed by atoms with Crippen LogP contribution in [-0.4, -0.2) is 16.1 Å². The first-order valence-corrected chi connectivity index (χ1v) is 5.59. The summed E-state index contributed by atoms with van der Waals surface area (Å²) in [5.41, 5.74) is 2.78. The van der Waals surface area contributed by atoms with E-state index in [9.17, 15) is 9.90 Å². The molecule has 0 aliphatic carbocycles. The molecule has 0 saturated heterocycles. The van der Waals surface area contributed by atoms with Crippen molar-refractivity contribution in [3.8, 4) is 0 Å². The van der Waals surface area contributed by atoms with E-state index in [1.807, 2.05) is 31.2 Å². The van der Waals surface area contributed by atoms with E-state index in [1.54, 1.807) is 30.6 Å². The third kappa shape index (κ3) is 2.83. The number of carboxylic acids is 1. The van der Waals surface area contributed by atoms with E-state index in [-0.39, 0.29) is 5.57 Å². The molecular formula is C15H13NO2. The Kier molecular flexibility index (Phi) is 3.53. The molecule has 0 radical (unpaired) electrons. The van der Waals surface area contributed by atoms with Crippen molar-refractivity contribution in [2.45, 2.75) is 6.92 Å². The number of rotatable bonds is 3. The predicted octanol–water partition coefficient (Wildman–Crippen LogP) is 3.02. The van der Waals surface area contributed by atoms with Crippen molar-refractivity contribution in [2.24, 2.45) is 0 Å². The molecule has 0 bridgehead atoms. The minimum Gasteiger partial charge on any atom is -0.478 e. The first-order valence-electron chi connectivity index (χ1n) is 5.59. The molecule has 1 aromatic carbocycles. The Balaban J connectivity index is 2.47. The highest BCUT2D eigenvalue weighted by Gasteiger charge is 2.10. The van der Waals surface area contributed by atoms with E-state index >= 15 is 0 Å². The standard InChI is InChI=1S/C15H13NO2/c1-11-4-2-6-13(8-11)14(15(17)18)9-12-5-3-7-16-10-12/h2-10H,1H3,(H,17,18)/b14-9+. The quantitative estimate of drug-likeness (QED) is 0.837. The number of hydrogen-bond donors (Lipinski definition) is 1. The lowest BCUT2D eigenvalue weighted by Gasteiger charge is -2.04. The van der Waals surface area contributed by atoms with Crippen LogP contribution in [0.25, 0.3) is 11.6 Å². The second kappa shape index (κ2) is 5.27. The SMILES string of the molecule is Cc1cccc(/C(=C\c2cccnc2)C(=O)O)c1. The van der Waals surface area contributed by atoms with Crippen LogP contribution in [0.4, 0.5) is 0 Å². The van der Waals surface area contributed by atoms with E-state index in [4.69, 9.17) is 0 Å². The topological polar surface area (TPSA) is 50.2 Å². The molecule has 2 rings (SSSR count). The van der Waals surface area contributed by atoms with E-state index in [0.717, 1.165) is 11.1 Å². The van der Waals surface area contributed by atoms with Gasteiger partial charge in [-0.05, 0) is 30.2 Å². The summed E-state index contributed by atoms with van der Waals surface area (Å²) >= 11 is 0. The van der Waals surface area contributed by atoms with Crippen molar-refractivity contribution in [1.82, 2.24) is 4.98 Å². The number of nitrogens with zero attached hydrogens (tertiary/aromatic N) is 1. The van der Waals surface area contributed by atoms with Crippen molar-refractivity contribution in [3.05, 3.63) is 65.5 Å². The van der Waals surface area contributed by atoms with E-state index in [1.165, 1.54) is 0 Å². The smallest absolute Gasteiger partial charge is 0.336 e. The molecule has 0 saturated carbocycles. The molecule has 3 heteroatoms. The Labute approximate surface area is 105 Å². The van der Waals surface area contributed by atoms with Gasteiger partial charge in [-0.25, -0.2) is 4.79 Å². The fourth-order valence-electron chi connectivity index (χ4n) is 1.71. The largest absolute Gasteiger partial charge is 0.478 e. The number of benzene rings is 1. The molecular weight excluding hydrogens is 226 g/mol. The third-order valence-electron chi connectivity index (χ3n) is 2.55. The van der Waals surface area contributed by atoms with Crippen molar-refractivity contribution >= 4 is 17.6 Å². The summed E-state index contributed by atoms with van der Waals surface area (Å²) in [5.74, 6) is -0.940. The highest BCUT2D eigenvalue weighted by atomic mass is 16.4. The van der Waals surface area contributed by atoms with E-state index in [2.05, 4.69) is 4.98 Å². The lowest BCUT2D eigenvalue weighted by molar-refractivity contribution is -0.130. The fourth-order valence-corrected chi connectivity index (χ4v) is 1.71. The summed E-state index contributed by atoms with van der Waals surface area (Å²) < 4.78 is 0. The van der Waals surface area contributed by atoms with Crippen molar-refractivity contribution in [2.75, 3.05) is 0 Å². The number of aromatic nitrogens is 1. The minimum atomic E-state index is -0.940. The number of pyridine rings is 1. The van der Waals surface area contributed by atoms with Gasteiger partial charge in [0.2, 0.25) is 0 Å². The summed E-state index contributed by atoms with van der Waals surface area (Å²) in [6.45, 7) is 1.94. The van der Waals surface area contributed by atoms with Crippen LogP contribution in [0.3, 0.4) is 0 Å². The summed E-state index contributed by atoms with van der Waals surface area (Å²) in [5, 5.41) is 9.29. The number of carboxylic acid groups (broad SMARTS) is 1. The maximum absolute atomic E-state index is 11.3. The van der Waals surface area contributed by atoms with Gasteiger partial charge in [-0.3, -0.25) is 4.98 Å². The van der Waals surface area contributed by atoms with Gasteiger partial charge in [-0.15, -0.1) is 0 Å². The van der Waals surface area contributed by atoms with Crippen LogP contribution in [0, 0.1) is 6.92 Å². The summed E-state index contributed by atoms with van der Waals surface area (Å²) in [6.07, 6.45) is 4.92. The summed E-state index contributed by atoms with van der Waals surface area (Å²) in [7, 11) is 0. The lowest BCUT2D eigenvalue weighted by atomic mass is 10.0. The maximum atomic E-state index is 11.3. The molecule has 1 N–H and O–H groups in total. The van der Waals surface area contributed by atoms with E-state index < -0.39 is 5.97 Å². The second-order valence-electron chi connectivity index (χ2n) is 4.02. The molecule has 90 valence electrons. The Morgan fingerprint density at radius 1 is 1.28 bits per heavy atom. The molecule has 1 heterocycles. The zero-order valence-corrected chi connectivity index (χ0v) is 10.00. The minimum absolute atomic E-state index is 0.270. The van der Waals surface area contributed by atoms with Gasteiger partial charge in [-0.2, -0.15) is 0 Å². The van der Waals surface area contributed by atoms with Gasteiger partial charge in [0.25, 0.3) is 0 Å². The highest BCUT2D eigenvalue weighted by molar-refractivity contribution is 6.20. The van der Waals surface area contributed by atoms with Gasteiger partial charge in [-0.1, -0.05) is 35.9 Å². The Bertz CT molecular complexity index is 588. The number of carbonyl (C=O) groups is 1. The van der Waals surface area contributed by atoms with Crippen molar-refractivity contribution < 1.29 is 9.90 Å². The molecule has 0 atom stereocenters. The average molecular weight is 239 g/mol. The zero-order valence-electron chi connectivity index (χ0n) is 10.00. The molecule has 0 spiro atoms. The summed E-state index contributed by atoms with van der Waals surface area (Å²) in [4.78, 5) is 15.3. The molecule has 0 amide bonds. The Morgan fingerprint density at radius 2 is 2.11 bits per heavy atom. The van der Waals surface area contributed by atoms with E-state index in [0.29, 0.717) is 5.56 Å². The molecule has 0 fully saturated rings. The van der Waals surface area contributed by atoms with Gasteiger partial charge in [0.1, 0.15) is 0 Å². The average Bonchev–Trinajstić information content (AvgIpc) is 2.37. The van der Waals surface area contributed by atoms with Crippen LogP contribution in [0.5, 0.6) is 0 Å². The van der Waals surface area contributed by atoms with Gasteiger partial charge in [0.15, 0.2) is 0 Å². The van der Waals surface area contributed by atoms with Gasteiger partial charge in [0.05, 0.1) is 5.57 Å². The van der Waals surface area contributed by atoms with Crippen LogP contribution in [0.2, 0.25) is 0 Å². The lowest BCUT2D eigenvalue weighted by Crippen LogP contribution is -1.99. The van der Waals surface area contributed by atoms with Crippen LogP contribution < -0.4 is 0 Å².